The zero-order chi connectivity index (χ0) is 26.7. The first-order chi connectivity index (χ1) is 18.7. The Morgan fingerprint density at radius 2 is 0.895 bits per heavy atom. The molecule has 0 heterocycles. The fraction of sp³-hybridized carbons (Fsp3) is 0.833. The Balaban J connectivity index is 0.000000212. The molecule has 4 rings (SSSR count). The molecular weight excluding hydrogens is 567 g/mol. The van der Waals surface area contributed by atoms with Gasteiger partial charge < -0.3 is 0 Å². The van der Waals surface area contributed by atoms with Gasteiger partial charge in [-0.1, -0.05) is 95.0 Å². The van der Waals surface area contributed by atoms with Crippen LogP contribution >= 0.6 is 0 Å². The summed E-state index contributed by atoms with van der Waals surface area (Å²) in [6.45, 7) is 2.28. The van der Waals surface area contributed by atoms with E-state index in [-0.39, 0.29) is 0 Å². The van der Waals surface area contributed by atoms with Crippen LogP contribution in [0.25, 0.3) is 0 Å². The first-order valence-corrected chi connectivity index (χ1v) is 23.7. The number of hydrogen-bond donors (Lipinski definition) is 1. The van der Waals surface area contributed by atoms with Crippen molar-refractivity contribution in [2.75, 3.05) is 0 Å². The molecule has 3 saturated carbocycles. The summed E-state index contributed by atoms with van der Waals surface area (Å²) in [4.78, 5) is 0. The van der Waals surface area contributed by atoms with E-state index in [0.717, 1.165) is 11.8 Å². The summed E-state index contributed by atoms with van der Waals surface area (Å²) in [5, 5.41) is 0. The van der Waals surface area contributed by atoms with E-state index in [0.29, 0.717) is 0 Å². The Bertz CT molecular complexity index is 624. The van der Waals surface area contributed by atoms with Crippen LogP contribution in [0.1, 0.15) is 173 Å². The van der Waals surface area contributed by atoms with Crippen LogP contribution in [0.15, 0.2) is 30.3 Å². The molecule has 1 N–H and O–H groups in total. The van der Waals surface area contributed by atoms with Gasteiger partial charge in [-0.3, -0.25) is 0 Å². The first-order valence-electron chi connectivity index (χ1n) is 17.5. The maximum atomic E-state index is 12.1. The van der Waals surface area contributed by atoms with E-state index >= 15 is 0 Å². The molecule has 0 aliphatic heterocycles. The van der Waals surface area contributed by atoms with Crippen LogP contribution in [-0.2, 0) is 6.42 Å². The summed E-state index contributed by atoms with van der Waals surface area (Å²) >= 11 is -2.95. The molecule has 0 saturated heterocycles. The van der Waals surface area contributed by atoms with Gasteiger partial charge in [0.1, 0.15) is 0 Å². The molecule has 0 bridgehead atoms. The number of hydrogen-bond acceptors (Lipinski definition) is 1. The minimum absolute atomic E-state index is 0.837. The predicted octanol–water partition coefficient (Wildman–Crippen LogP) is 12.1. The summed E-state index contributed by atoms with van der Waals surface area (Å²) in [5.74, 6) is 0. The van der Waals surface area contributed by atoms with Crippen LogP contribution in [0.3, 0.4) is 0 Å². The van der Waals surface area contributed by atoms with Crippen molar-refractivity contribution in [3.63, 3.8) is 0 Å². The second-order valence-electron chi connectivity index (χ2n) is 13.3. The third kappa shape index (κ3) is 11.5. The summed E-state index contributed by atoms with van der Waals surface area (Å²) in [5.41, 5.74) is 1.50. The van der Waals surface area contributed by atoms with Crippen LogP contribution in [0.5, 0.6) is 0 Å². The summed E-state index contributed by atoms with van der Waals surface area (Å²) in [7, 11) is 0. The van der Waals surface area contributed by atoms with E-state index in [2.05, 4.69) is 37.3 Å². The summed E-state index contributed by atoms with van der Waals surface area (Å²) in [6, 6.07) is 10.9. The zero-order valence-corrected chi connectivity index (χ0v) is 28.3. The quantitative estimate of drug-likeness (QED) is 0.160. The Hall–Kier alpha value is -0.0213. The standard InChI is InChI=1S/C18H30.3C6H11.H2O.Sn/c1-2-3-4-5-6-7-8-9-10-12-15-18-16-13-11-14-17-18;3*1-2-4-6-5-3-1;;/h11,13-14,16-17H,2-10,12,15H2,1H3;3*1H,2-6H2;1H2;/q;;;;;+1/p-1. The molecule has 3 aliphatic carbocycles. The molecule has 0 radical (unpaired) electrons. The van der Waals surface area contributed by atoms with Crippen molar-refractivity contribution in [2.24, 2.45) is 0 Å². The number of rotatable bonds is 14. The maximum absolute atomic E-state index is 12.1. The van der Waals surface area contributed by atoms with E-state index in [1.807, 2.05) is 0 Å². The fourth-order valence-corrected chi connectivity index (χ4v) is 25.3. The average Bonchev–Trinajstić information content (AvgIpc) is 3.00. The van der Waals surface area contributed by atoms with Gasteiger partial charge in [0, 0.05) is 0 Å². The molecule has 1 nitrogen and oxygen atoms in total. The molecular formula is C36H64OSn. The van der Waals surface area contributed by atoms with Gasteiger partial charge in [-0.05, 0) is 18.4 Å². The SMILES string of the molecule is CCCCCCCCCCCCc1ccccc1.[OH][Sn]([CH]1CCCCC1)([CH]1CCCCC1)[CH]1CCCCC1. The first kappa shape index (κ1) is 32.5. The number of benzene rings is 1. The average molecular weight is 632 g/mol. The predicted molar refractivity (Wildman–Crippen MR) is 170 cm³/mol. The van der Waals surface area contributed by atoms with Crippen molar-refractivity contribution in [1.82, 2.24) is 0 Å². The Kier molecular flexibility index (Phi) is 17.1. The van der Waals surface area contributed by atoms with E-state index in [1.165, 1.54) is 173 Å². The molecule has 1 aromatic carbocycles. The van der Waals surface area contributed by atoms with E-state index < -0.39 is 18.8 Å². The zero-order valence-electron chi connectivity index (χ0n) is 25.5. The third-order valence-corrected chi connectivity index (χ3v) is 26.6. The van der Waals surface area contributed by atoms with Crippen molar-refractivity contribution in [3.8, 4) is 0 Å². The van der Waals surface area contributed by atoms with Crippen LogP contribution in [0.4, 0.5) is 0 Å². The molecule has 3 aliphatic rings. The number of aryl methyl sites for hydroxylation is 1. The van der Waals surface area contributed by atoms with Gasteiger partial charge in [0.25, 0.3) is 0 Å². The molecule has 0 spiro atoms. The monoisotopic (exact) mass is 632 g/mol. The molecule has 0 aromatic heterocycles. The van der Waals surface area contributed by atoms with Crippen molar-refractivity contribution >= 4 is 18.8 Å². The topological polar surface area (TPSA) is 20.2 Å². The van der Waals surface area contributed by atoms with Gasteiger partial charge in [-0.15, -0.1) is 0 Å². The minimum atomic E-state index is -2.95. The Labute approximate surface area is 242 Å². The molecule has 1 aromatic rings. The molecule has 218 valence electrons. The van der Waals surface area contributed by atoms with Crippen molar-refractivity contribution in [2.45, 2.75) is 186 Å². The molecule has 3 fully saturated rings. The van der Waals surface area contributed by atoms with Gasteiger partial charge in [-0.2, -0.15) is 0 Å². The van der Waals surface area contributed by atoms with Gasteiger partial charge in [0.2, 0.25) is 0 Å². The van der Waals surface area contributed by atoms with E-state index in [9.17, 15) is 3.44 Å². The van der Waals surface area contributed by atoms with Crippen LogP contribution in [-0.4, -0.2) is 22.2 Å². The molecule has 38 heavy (non-hydrogen) atoms. The van der Waals surface area contributed by atoms with Crippen molar-refractivity contribution in [3.05, 3.63) is 35.9 Å². The van der Waals surface area contributed by atoms with Gasteiger partial charge >= 0.3 is 130 Å². The second kappa shape index (κ2) is 20.0. The molecule has 2 heteroatoms. The van der Waals surface area contributed by atoms with Crippen LogP contribution in [0.2, 0.25) is 11.8 Å². The van der Waals surface area contributed by atoms with Gasteiger partial charge in [-0.25, -0.2) is 0 Å². The fourth-order valence-electron chi connectivity index (χ4n) is 8.16. The van der Waals surface area contributed by atoms with Gasteiger partial charge in [0.15, 0.2) is 0 Å². The molecule has 0 atom stereocenters. The third-order valence-electron chi connectivity index (χ3n) is 10.4. The van der Waals surface area contributed by atoms with E-state index in [1.54, 1.807) is 0 Å². The molecule has 0 unspecified atom stereocenters. The normalized spacial score (nSPS) is 20.2. The summed E-state index contributed by atoms with van der Waals surface area (Å²) < 4.78 is 14.6. The van der Waals surface area contributed by atoms with Crippen LogP contribution in [0, 0.1) is 0 Å². The van der Waals surface area contributed by atoms with Gasteiger partial charge in [0.05, 0.1) is 0 Å². The second-order valence-corrected chi connectivity index (χ2v) is 25.4. The van der Waals surface area contributed by atoms with Crippen molar-refractivity contribution in [1.29, 1.82) is 0 Å². The van der Waals surface area contributed by atoms with E-state index in [4.69, 9.17) is 0 Å². The Morgan fingerprint density at radius 1 is 0.526 bits per heavy atom. The van der Waals surface area contributed by atoms with Crippen LogP contribution < -0.4 is 0 Å². The summed E-state index contributed by atoms with van der Waals surface area (Å²) in [6.07, 6.45) is 36.8. The molecule has 0 amide bonds. The Morgan fingerprint density at radius 3 is 1.29 bits per heavy atom. The number of unbranched alkanes of at least 4 members (excludes halogenated alkanes) is 9. The van der Waals surface area contributed by atoms with Crippen molar-refractivity contribution < 1.29 is 3.44 Å².